The average Bonchev–Trinajstić information content (AvgIpc) is 2.71. The first-order valence-corrected chi connectivity index (χ1v) is 5.14. The van der Waals surface area contributed by atoms with Crippen molar-refractivity contribution < 1.29 is 9.47 Å². The predicted molar refractivity (Wildman–Crippen MR) is 57.4 cm³/mol. The number of nitrogens with zero attached hydrogens (tertiary/aromatic N) is 2. The number of hydrogen-bond donors (Lipinski definition) is 1. The van der Waals surface area contributed by atoms with Crippen LogP contribution in [0, 0.1) is 0 Å². The maximum atomic E-state index is 5.45. The normalized spacial score (nSPS) is 10.8. The second kappa shape index (κ2) is 7.39. The van der Waals surface area contributed by atoms with E-state index in [9.17, 15) is 0 Å². The van der Waals surface area contributed by atoms with E-state index in [1.54, 1.807) is 13.4 Å². The fourth-order valence-corrected chi connectivity index (χ4v) is 1.21. The van der Waals surface area contributed by atoms with Crippen molar-refractivity contribution in [1.82, 2.24) is 9.55 Å². The third kappa shape index (κ3) is 4.92. The topological polar surface area (TPSA) is 62.3 Å². The number of rotatable bonds is 8. The number of nitrogens with two attached hydrogens (primary N) is 1. The molecule has 0 fully saturated rings. The van der Waals surface area contributed by atoms with Crippen molar-refractivity contribution in [1.29, 1.82) is 0 Å². The highest BCUT2D eigenvalue weighted by atomic mass is 16.5. The zero-order valence-corrected chi connectivity index (χ0v) is 9.19. The van der Waals surface area contributed by atoms with Crippen LogP contribution in [0.2, 0.25) is 0 Å². The lowest BCUT2D eigenvalue weighted by atomic mass is 10.5. The van der Waals surface area contributed by atoms with Crippen LogP contribution in [0.25, 0.3) is 0 Å². The van der Waals surface area contributed by atoms with Crippen LogP contribution in [-0.4, -0.2) is 36.5 Å². The van der Waals surface area contributed by atoms with E-state index in [2.05, 4.69) is 4.98 Å². The van der Waals surface area contributed by atoms with Crippen LogP contribution < -0.4 is 5.73 Å². The van der Waals surface area contributed by atoms with Crippen molar-refractivity contribution in [2.24, 2.45) is 5.73 Å². The molecule has 0 bridgehead atoms. The van der Waals surface area contributed by atoms with E-state index in [1.807, 2.05) is 10.8 Å². The van der Waals surface area contributed by atoms with Crippen LogP contribution in [0.3, 0.4) is 0 Å². The van der Waals surface area contributed by atoms with E-state index in [0.29, 0.717) is 13.2 Å². The van der Waals surface area contributed by atoms with Crippen molar-refractivity contribution in [3.63, 3.8) is 0 Å². The van der Waals surface area contributed by atoms with Gasteiger partial charge in [0.25, 0.3) is 0 Å². The van der Waals surface area contributed by atoms with Gasteiger partial charge in [0.05, 0.1) is 18.6 Å². The molecule has 86 valence electrons. The number of methoxy groups -OCH3 is 1. The molecule has 0 aromatic carbocycles. The van der Waals surface area contributed by atoms with E-state index < -0.39 is 0 Å². The van der Waals surface area contributed by atoms with E-state index >= 15 is 0 Å². The van der Waals surface area contributed by atoms with Gasteiger partial charge < -0.3 is 19.8 Å². The van der Waals surface area contributed by atoms with Gasteiger partial charge >= 0.3 is 0 Å². The van der Waals surface area contributed by atoms with E-state index in [1.165, 1.54) is 0 Å². The first kappa shape index (κ1) is 12.2. The first-order chi connectivity index (χ1) is 7.36. The lowest BCUT2D eigenvalue weighted by Crippen LogP contribution is -2.06. The van der Waals surface area contributed by atoms with Gasteiger partial charge in [0.1, 0.15) is 0 Å². The van der Waals surface area contributed by atoms with Gasteiger partial charge in [-0.15, -0.1) is 0 Å². The summed E-state index contributed by atoms with van der Waals surface area (Å²) in [6.45, 7) is 3.50. The second-order valence-corrected chi connectivity index (χ2v) is 3.27. The van der Waals surface area contributed by atoms with Gasteiger partial charge in [-0.05, 0) is 6.42 Å². The van der Waals surface area contributed by atoms with Crippen molar-refractivity contribution >= 4 is 0 Å². The molecule has 15 heavy (non-hydrogen) atoms. The highest BCUT2D eigenvalue weighted by molar-refractivity contribution is 4.95. The molecule has 0 saturated carbocycles. The SMILES string of the molecule is COCCCOCCn1cnc(CN)c1. The minimum absolute atomic E-state index is 0.488. The zero-order valence-electron chi connectivity index (χ0n) is 9.19. The molecule has 0 spiro atoms. The molecule has 1 aromatic heterocycles. The average molecular weight is 213 g/mol. The molecule has 0 unspecified atom stereocenters. The summed E-state index contributed by atoms with van der Waals surface area (Å²) in [5.74, 6) is 0. The molecule has 1 heterocycles. The second-order valence-electron chi connectivity index (χ2n) is 3.27. The van der Waals surface area contributed by atoms with Gasteiger partial charge in [-0.2, -0.15) is 0 Å². The summed E-state index contributed by atoms with van der Waals surface area (Å²) in [6.07, 6.45) is 4.66. The van der Waals surface area contributed by atoms with E-state index in [4.69, 9.17) is 15.2 Å². The van der Waals surface area contributed by atoms with Gasteiger partial charge in [0.15, 0.2) is 0 Å². The molecule has 5 heteroatoms. The number of ether oxygens (including phenoxy) is 2. The fraction of sp³-hybridized carbons (Fsp3) is 0.700. The van der Waals surface area contributed by atoms with E-state index in [-0.39, 0.29) is 0 Å². The highest BCUT2D eigenvalue weighted by Gasteiger charge is 1.96. The lowest BCUT2D eigenvalue weighted by Gasteiger charge is -2.04. The monoisotopic (exact) mass is 213 g/mol. The molecule has 0 amide bonds. The summed E-state index contributed by atoms with van der Waals surface area (Å²) >= 11 is 0. The van der Waals surface area contributed by atoms with Crippen LogP contribution in [0.15, 0.2) is 12.5 Å². The summed E-state index contributed by atoms with van der Waals surface area (Å²) in [6, 6.07) is 0. The molecule has 0 aliphatic heterocycles. The third-order valence-electron chi connectivity index (χ3n) is 2.03. The maximum absolute atomic E-state index is 5.45. The number of imidazole rings is 1. The quantitative estimate of drug-likeness (QED) is 0.635. The molecule has 1 rings (SSSR count). The molecule has 0 atom stereocenters. The molecular weight excluding hydrogens is 194 g/mol. The van der Waals surface area contributed by atoms with Crippen LogP contribution in [0.5, 0.6) is 0 Å². The smallest absolute Gasteiger partial charge is 0.0950 e. The minimum Gasteiger partial charge on any atom is -0.385 e. The maximum Gasteiger partial charge on any atom is 0.0950 e. The Morgan fingerprint density at radius 3 is 2.93 bits per heavy atom. The summed E-state index contributed by atoms with van der Waals surface area (Å²) in [4.78, 5) is 4.13. The summed E-state index contributed by atoms with van der Waals surface area (Å²) in [5, 5.41) is 0. The Bertz CT molecular complexity index is 263. The molecular formula is C10H19N3O2. The van der Waals surface area contributed by atoms with Crippen LogP contribution in [0.4, 0.5) is 0 Å². The van der Waals surface area contributed by atoms with Gasteiger partial charge in [-0.3, -0.25) is 0 Å². The molecule has 0 aliphatic rings. The molecule has 2 N–H and O–H groups in total. The third-order valence-corrected chi connectivity index (χ3v) is 2.03. The fourth-order valence-electron chi connectivity index (χ4n) is 1.21. The zero-order chi connectivity index (χ0) is 10.9. The van der Waals surface area contributed by atoms with Gasteiger partial charge in [-0.1, -0.05) is 0 Å². The van der Waals surface area contributed by atoms with Gasteiger partial charge in [-0.25, -0.2) is 4.98 Å². The Labute approximate surface area is 90.2 Å². The van der Waals surface area contributed by atoms with Crippen molar-refractivity contribution in [3.8, 4) is 0 Å². The summed E-state index contributed by atoms with van der Waals surface area (Å²) in [7, 11) is 1.69. The molecule has 0 radical (unpaired) electrons. The Morgan fingerprint density at radius 1 is 1.40 bits per heavy atom. The molecule has 0 aliphatic carbocycles. The summed E-state index contributed by atoms with van der Waals surface area (Å²) < 4.78 is 12.3. The number of hydrogen-bond acceptors (Lipinski definition) is 4. The predicted octanol–water partition coefficient (Wildman–Crippen LogP) is 0.395. The van der Waals surface area contributed by atoms with E-state index in [0.717, 1.165) is 31.9 Å². The van der Waals surface area contributed by atoms with Crippen LogP contribution in [0.1, 0.15) is 12.1 Å². The minimum atomic E-state index is 0.488. The van der Waals surface area contributed by atoms with Crippen molar-refractivity contribution in [2.75, 3.05) is 26.9 Å². The summed E-state index contributed by atoms with van der Waals surface area (Å²) in [5.41, 5.74) is 6.36. The molecule has 0 saturated heterocycles. The van der Waals surface area contributed by atoms with Gasteiger partial charge in [0, 0.05) is 39.6 Å². The Hall–Kier alpha value is -0.910. The Balaban J connectivity index is 2.04. The van der Waals surface area contributed by atoms with Gasteiger partial charge in [0.2, 0.25) is 0 Å². The standard InChI is InChI=1S/C10H19N3O2/c1-14-4-2-5-15-6-3-13-8-10(7-11)12-9-13/h8-9H,2-7,11H2,1H3. The largest absolute Gasteiger partial charge is 0.385 e. The van der Waals surface area contributed by atoms with Crippen LogP contribution >= 0.6 is 0 Å². The first-order valence-electron chi connectivity index (χ1n) is 5.14. The van der Waals surface area contributed by atoms with Crippen molar-refractivity contribution in [2.45, 2.75) is 19.5 Å². The Kier molecular flexibility index (Phi) is 5.99. The van der Waals surface area contributed by atoms with Crippen molar-refractivity contribution in [3.05, 3.63) is 18.2 Å². The molecule has 1 aromatic rings. The number of aromatic nitrogens is 2. The van der Waals surface area contributed by atoms with Crippen LogP contribution in [-0.2, 0) is 22.6 Å². The Morgan fingerprint density at radius 2 is 2.27 bits per heavy atom. The lowest BCUT2D eigenvalue weighted by molar-refractivity contribution is 0.0976. The highest BCUT2D eigenvalue weighted by Crippen LogP contribution is 1.95. The molecule has 5 nitrogen and oxygen atoms in total.